The number of nitrogens with one attached hydrogen (secondary N) is 1. The highest BCUT2D eigenvalue weighted by Crippen LogP contribution is 2.30. The summed E-state index contributed by atoms with van der Waals surface area (Å²) in [5.41, 5.74) is 6.42. The largest absolute Gasteiger partial charge is 0.493 e. The monoisotopic (exact) mass is 321 g/mol. The summed E-state index contributed by atoms with van der Waals surface area (Å²) in [4.78, 5) is 16.0. The Morgan fingerprint density at radius 1 is 1.43 bits per heavy atom. The predicted octanol–water partition coefficient (Wildman–Crippen LogP) is 0.614. The second-order valence-corrected chi connectivity index (χ2v) is 4.70. The van der Waals surface area contributed by atoms with Crippen molar-refractivity contribution in [3.05, 3.63) is 41.6 Å². The Balaban J connectivity index is 2.06. The van der Waals surface area contributed by atoms with Crippen LogP contribution in [0.3, 0.4) is 0 Å². The van der Waals surface area contributed by atoms with Crippen molar-refractivity contribution in [1.82, 2.24) is 10.3 Å². The molecule has 2 aromatic rings. The third-order valence-electron chi connectivity index (χ3n) is 3.19. The Labute approximate surface area is 133 Å². The Kier molecular flexibility index (Phi) is 5.56. The highest BCUT2D eigenvalue weighted by Gasteiger charge is 2.17. The number of methoxy groups -OCH3 is 2. The van der Waals surface area contributed by atoms with Gasteiger partial charge in [-0.05, 0) is 6.07 Å². The van der Waals surface area contributed by atoms with Gasteiger partial charge < -0.3 is 30.0 Å². The maximum atomic E-state index is 12.1. The standard InChI is InChI=1S/C15H19N3O5/c1-21-12-5-3-4-9(13(12)22-2)6-17-14(20)11-8-23-15(18-11)10(16)7-19/h3-5,8,10,19H,6-7,16H2,1-2H3,(H,17,20). The van der Waals surface area contributed by atoms with Crippen LogP contribution in [-0.4, -0.2) is 36.8 Å². The van der Waals surface area contributed by atoms with Gasteiger partial charge in [0, 0.05) is 12.1 Å². The van der Waals surface area contributed by atoms with Crippen molar-refractivity contribution in [2.45, 2.75) is 12.6 Å². The molecule has 0 spiro atoms. The first-order valence-corrected chi connectivity index (χ1v) is 6.90. The number of hydrogen-bond acceptors (Lipinski definition) is 7. The fourth-order valence-electron chi connectivity index (χ4n) is 2.00. The number of ether oxygens (including phenoxy) is 2. The molecular weight excluding hydrogens is 302 g/mol. The van der Waals surface area contributed by atoms with Gasteiger partial charge in [-0.15, -0.1) is 0 Å². The molecule has 23 heavy (non-hydrogen) atoms. The lowest BCUT2D eigenvalue weighted by Gasteiger charge is -2.12. The quantitative estimate of drug-likeness (QED) is 0.683. The zero-order chi connectivity index (χ0) is 16.8. The van der Waals surface area contributed by atoms with Crippen LogP contribution in [0.5, 0.6) is 11.5 Å². The van der Waals surface area contributed by atoms with Crippen LogP contribution in [0.15, 0.2) is 28.9 Å². The summed E-state index contributed by atoms with van der Waals surface area (Å²) in [6, 6.07) is 4.63. The van der Waals surface area contributed by atoms with E-state index >= 15 is 0 Å². The van der Waals surface area contributed by atoms with Crippen molar-refractivity contribution in [3.8, 4) is 11.5 Å². The smallest absolute Gasteiger partial charge is 0.273 e. The van der Waals surface area contributed by atoms with E-state index in [1.165, 1.54) is 13.4 Å². The van der Waals surface area contributed by atoms with E-state index in [0.29, 0.717) is 11.5 Å². The first kappa shape index (κ1) is 16.8. The molecule has 8 nitrogen and oxygen atoms in total. The summed E-state index contributed by atoms with van der Waals surface area (Å²) in [6.45, 7) is -0.0873. The zero-order valence-corrected chi connectivity index (χ0v) is 12.9. The lowest BCUT2D eigenvalue weighted by molar-refractivity contribution is 0.0945. The molecule has 0 radical (unpaired) electrons. The van der Waals surface area contributed by atoms with Gasteiger partial charge in [-0.2, -0.15) is 0 Å². The molecule has 1 atom stereocenters. The van der Waals surface area contributed by atoms with E-state index in [1.54, 1.807) is 19.2 Å². The maximum Gasteiger partial charge on any atom is 0.273 e. The Bertz CT molecular complexity index is 671. The number of aliphatic hydroxyl groups excluding tert-OH is 1. The van der Waals surface area contributed by atoms with Gasteiger partial charge in [0.1, 0.15) is 12.3 Å². The lowest BCUT2D eigenvalue weighted by atomic mass is 10.2. The second kappa shape index (κ2) is 7.61. The van der Waals surface area contributed by atoms with Crippen LogP contribution in [0.4, 0.5) is 0 Å². The number of oxazole rings is 1. The van der Waals surface area contributed by atoms with Crippen molar-refractivity contribution in [1.29, 1.82) is 0 Å². The normalized spacial score (nSPS) is 11.8. The molecule has 1 unspecified atom stereocenters. The number of carbonyl (C=O) groups is 1. The summed E-state index contributed by atoms with van der Waals surface area (Å²) >= 11 is 0. The molecule has 1 amide bonds. The minimum absolute atomic E-state index is 0.0887. The van der Waals surface area contributed by atoms with E-state index in [4.69, 9.17) is 24.7 Å². The fraction of sp³-hybridized carbons (Fsp3) is 0.333. The molecule has 1 aromatic heterocycles. The molecule has 124 valence electrons. The van der Waals surface area contributed by atoms with E-state index in [2.05, 4.69) is 10.3 Å². The number of aromatic nitrogens is 1. The molecule has 0 bridgehead atoms. The van der Waals surface area contributed by atoms with Crippen LogP contribution in [0.1, 0.15) is 28.0 Å². The van der Waals surface area contributed by atoms with Crippen LogP contribution in [0.2, 0.25) is 0 Å². The van der Waals surface area contributed by atoms with Gasteiger partial charge in [-0.25, -0.2) is 4.98 Å². The van der Waals surface area contributed by atoms with Crippen molar-refractivity contribution in [2.24, 2.45) is 5.73 Å². The lowest BCUT2D eigenvalue weighted by Crippen LogP contribution is -2.24. The Morgan fingerprint density at radius 2 is 2.22 bits per heavy atom. The molecule has 0 saturated carbocycles. The van der Waals surface area contributed by atoms with Gasteiger partial charge >= 0.3 is 0 Å². The van der Waals surface area contributed by atoms with E-state index in [9.17, 15) is 4.79 Å². The highest BCUT2D eigenvalue weighted by atomic mass is 16.5. The number of amides is 1. The van der Waals surface area contributed by atoms with Gasteiger partial charge in [0.05, 0.1) is 20.8 Å². The van der Waals surface area contributed by atoms with Crippen molar-refractivity contribution in [2.75, 3.05) is 20.8 Å². The number of nitrogens with two attached hydrogens (primary N) is 1. The van der Waals surface area contributed by atoms with Crippen molar-refractivity contribution >= 4 is 5.91 Å². The van der Waals surface area contributed by atoms with Crippen LogP contribution >= 0.6 is 0 Å². The average Bonchev–Trinajstić information content (AvgIpc) is 3.08. The average molecular weight is 321 g/mol. The van der Waals surface area contributed by atoms with Crippen LogP contribution in [-0.2, 0) is 6.54 Å². The predicted molar refractivity (Wildman–Crippen MR) is 81.2 cm³/mol. The van der Waals surface area contributed by atoms with E-state index in [1.807, 2.05) is 6.07 Å². The molecule has 0 aliphatic rings. The first-order valence-electron chi connectivity index (χ1n) is 6.90. The summed E-state index contributed by atoms with van der Waals surface area (Å²) in [7, 11) is 3.07. The number of benzene rings is 1. The second-order valence-electron chi connectivity index (χ2n) is 4.70. The number of nitrogens with zero attached hydrogens (tertiary/aromatic N) is 1. The number of aliphatic hydroxyl groups is 1. The maximum absolute atomic E-state index is 12.1. The number of hydrogen-bond donors (Lipinski definition) is 3. The molecular formula is C15H19N3O5. The molecule has 2 rings (SSSR count). The SMILES string of the molecule is COc1cccc(CNC(=O)c2coc(C(N)CO)n2)c1OC. The number of para-hydroxylation sites is 1. The fourth-order valence-corrected chi connectivity index (χ4v) is 2.00. The van der Waals surface area contributed by atoms with Crippen LogP contribution in [0.25, 0.3) is 0 Å². The molecule has 0 aliphatic carbocycles. The van der Waals surface area contributed by atoms with Gasteiger partial charge in [-0.1, -0.05) is 12.1 Å². The minimum atomic E-state index is -0.755. The Morgan fingerprint density at radius 3 is 2.87 bits per heavy atom. The molecule has 4 N–H and O–H groups in total. The van der Waals surface area contributed by atoms with Crippen molar-refractivity contribution in [3.63, 3.8) is 0 Å². The van der Waals surface area contributed by atoms with Crippen molar-refractivity contribution < 1.29 is 23.8 Å². The topological polar surface area (TPSA) is 120 Å². The molecule has 1 heterocycles. The van der Waals surface area contributed by atoms with Gasteiger partial charge in [0.25, 0.3) is 5.91 Å². The van der Waals surface area contributed by atoms with Gasteiger partial charge in [0.15, 0.2) is 17.2 Å². The third kappa shape index (κ3) is 3.79. The van der Waals surface area contributed by atoms with Crippen LogP contribution < -0.4 is 20.5 Å². The summed E-state index contributed by atoms with van der Waals surface area (Å²) in [5, 5.41) is 11.7. The number of rotatable bonds is 7. The molecule has 0 saturated heterocycles. The minimum Gasteiger partial charge on any atom is -0.493 e. The first-order chi connectivity index (χ1) is 11.1. The van der Waals surface area contributed by atoms with Gasteiger partial charge in [0.2, 0.25) is 5.89 Å². The van der Waals surface area contributed by atoms with E-state index in [0.717, 1.165) is 5.56 Å². The molecule has 0 fully saturated rings. The molecule has 8 heteroatoms. The van der Waals surface area contributed by atoms with Gasteiger partial charge in [-0.3, -0.25) is 4.79 Å². The third-order valence-corrected chi connectivity index (χ3v) is 3.19. The summed E-state index contributed by atoms with van der Waals surface area (Å²) < 4.78 is 15.6. The zero-order valence-electron chi connectivity index (χ0n) is 12.9. The number of carbonyl (C=O) groups excluding carboxylic acids is 1. The van der Waals surface area contributed by atoms with Crippen LogP contribution in [0, 0.1) is 0 Å². The summed E-state index contributed by atoms with van der Waals surface area (Å²) in [6.07, 6.45) is 1.20. The van der Waals surface area contributed by atoms with E-state index in [-0.39, 0.29) is 24.7 Å². The highest BCUT2D eigenvalue weighted by molar-refractivity contribution is 5.91. The summed E-state index contributed by atoms with van der Waals surface area (Å²) in [5.74, 6) is 0.821. The molecule has 0 aliphatic heterocycles. The Hall–Kier alpha value is -2.58. The van der Waals surface area contributed by atoms with E-state index < -0.39 is 11.9 Å². The molecule has 1 aromatic carbocycles.